The van der Waals surface area contributed by atoms with Gasteiger partial charge in [0, 0.05) is 38.3 Å². The van der Waals surface area contributed by atoms with Gasteiger partial charge in [-0.05, 0) is 25.2 Å². The minimum Gasteiger partial charge on any atom is -0.399 e. The Kier molecular flexibility index (Phi) is 4.27. The number of nitrogens with zero attached hydrogens (tertiary/aromatic N) is 2. The van der Waals surface area contributed by atoms with Gasteiger partial charge in [0.25, 0.3) is 0 Å². The van der Waals surface area contributed by atoms with E-state index in [9.17, 15) is 4.79 Å². The summed E-state index contributed by atoms with van der Waals surface area (Å²) in [6.45, 7) is 5.85. The number of rotatable bonds is 3. The van der Waals surface area contributed by atoms with Gasteiger partial charge in [-0.3, -0.25) is 4.79 Å². The predicted octanol–water partition coefficient (Wildman–Crippen LogP) is 1.37. The summed E-state index contributed by atoms with van der Waals surface area (Å²) in [5.74, 6) is 0.0148. The molecule has 1 heterocycles. The topological polar surface area (TPSA) is 61.6 Å². The van der Waals surface area contributed by atoms with E-state index in [1.165, 1.54) is 0 Å². The van der Waals surface area contributed by atoms with Crippen LogP contribution in [-0.4, -0.2) is 44.0 Å². The largest absolute Gasteiger partial charge is 0.399 e. The van der Waals surface area contributed by atoms with Crippen molar-refractivity contribution < 1.29 is 4.79 Å². The molecular formula is C14H22N4O. The Labute approximate surface area is 114 Å². The average molecular weight is 262 g/mol. The molecule has 1 saturated heterocycles. The van der Waals surface area contributed by atoms with Crippen molar-refractivity contribution in [3.8, 4) is 0 Å². The monoisotopic (exact) mass is 262 g/mol. The lowest BCUT2D eigenvalue weighted by atomic mass is 10.2. The van der Waals surface area contributed by atoms with E-state index in [1.54, 1.807) is 0 Å². The Hall–Kier alpha value is -1.75. The summed E-state index contributed by atoms with van der Waals surface area (Å²) in [4.78, 5) is 16.2. The van der Waals surface area contributed by atoms with Crippen LogP contribution in [0.4, 0.5) is 17.1 Å². The maximum Gasteiger partial charge on any atom is 0.224 e. The molecule has 1 aromatic carbocycles. The Morgan fingerprint density at radius 1 is 1.32 bits per heavy atom. The van der Waals surface area contributed by atoms with Crippen molar-refractivity contribution in [3.05, 3.63) is 18.2 Å². The number of hydrogen-bond donors (Lipinski definition) is 2. The zero-order valence-corrected chi connectivity index (χ0v) is 11.6. The molecule has 0 aromatic heterocycles. The van der Waals surface area contributed by atoms with Gasteiger partial charge in [0.15, 0.2) is 0 Å². The summed E-state index contributed by atoms with van der Waals surface area (Å²) in [7, 11) is 2.13. The fourth-order valence-electron chi connectivity index (χ4n) is 2.22. The number of carbonyl (C=O) groups excluding carboxylic acids is 1. The number of anilines is 3. The minimum atomic E-state index is 0.0148. The Morgan fingerprint density at radius 3 is 2.63 bits per heavy atom. The minimum absolute atomic E-state index is 0.0148. The molecule has 0 spiro atoms. The molecule has 0 bridgehead atoms. The highest BCUT2D eigenvalue weighted by atomic mass is 16.1. The number of amides is 1. The number of carbonyl (C=O) groups is 1. The Bertz CT molecular complexity index is 453. The van der Waals surface area contributed by atoms with E-state index < -0.39 is 0 Å². The van der Waals surface area contributed by atoms with Crippen molar-refractivity contribution in [1.82, 2.24) is 4.90 Å². The smallest absolute Gasteiger partial charge is 0.224 e. The third kappa shape index (κ3) is 3.38. The van der Waals surface area contributed by atoms with Crippen LogP contribution in [0, 0.1) is 0 Å². The second-order valence-corrected chi connectivity index (χ2v) is 4.97. The van der Waals surface area contributed by atoms with Gasteiger partial charge in [-0.25, -0.2) is 0 Å². The van der Waals surface area contributed by atoms with Gasteiger partial charge in [-0.1, -0.05) is 6.92 Å². The highest BCUT2D eigenvalue weighted by Crippen LogP contribution is 2.29. The Balaban J connectivity index is 2.21. The van der Waals surface area contributed by atoms with Crippen molar-refractivity contribution in [2.24, 2.45) is 0 Å². The van der Waals surface area contributed by atoms with Gasteiger partial charge in [-0.15, -0.1) is 0 Å². The normalized spacial score (nSPS) is 16.4. The summed E-state index contributed by atoms with van der Waals surface area (Å²) in [6.07, 6.45) is 0.469. The van der Waals surface area contributed by atoms with Crippen LogP contribution in [0.5, 0.6) is 0 Å². The van der Waals surface area contributed by atoms with E-state index in [0.29, 0.717) is 12.1 Å². The van der Waals surface area contributed by atoms with Gasteiger partial charge in [-0.2, -0.15) is 0 Å². The molecular weight excluding hydrogens is 240 g/mol. The molecule has 0 atom stereocenters. The van der Waals surface area contributed by atoms with E-state index in [-0.39, 0.29) is 5.91 Å². The van der Waals surface area contributed by atoms with Crippen LogP contribution in [0.3, 0.4) is 0 Å². The Morgan fingerprint density at radius 2 is 2.00 bits per heavy atom. The standard InChI is InChI=1S/C14H22N4O/c1-3-14(19)16-12-10-11(15)4-5-13(12)18-8-6-17(2)7-9-18/h4-5,10H,3,6-9,15H2,1-2H3,(H,16,19). The average Bonchev–Trinajstić information content (AvgIpc) is 2.40. The van der Waals surface area contributed by atoms with Gasteiger partial charge in [0.2, 0.25) is 5.91 Å². The molecule has 5 heteroatoms. The molecule has 2 rings (SSSR count). The molecule has 5 nitrogen and oxygen atoms in total. The molecule has 1 aliphatic rings. The molecule has 1 aliphatic heterocycles. The first-order valence-corrected chi connectivity index (χ1v) is 6.73. The highest BCUT2D eigenvalue weighted by Gasteiger charge is 2.17. The van der Waals surface area contributed by atoms with Crippen LogP contribution in [0.25, 0.3) is 0 Å². The molecule has 19 heavy (non-hydrogen) atoms. The lowest BCUT2D eigenvalue weighted by molar-refractivity contribution is -0.115. The zero-order chi connectivity index (χ0) is 13.8. The van der Waals surface area contributed by atoms with Crippen LogP contribution < -0.4 is 16.0 Å². The fraction of sp³-hybridized carbons (Fsp3) is 0.500. The third-order valence-corrected chi connectivity index (χ3v) is 3.46. The van der Waals surface area contributed by atoms with Crippen LogP contribution >= 0.6 is 0 Å². The summed E-state index contributed by atoms with van der Waals surface area (Å²) < 4.78 is 0. The van der Waals surface area contributed by atoms with Crippen molar-refractivity contribution in [2.75, 3.05) is 49.2 Å². The number of nitrogens with two attached hydrogens (primary N) is 1. The number of nitrogens with one attached hydrogen (secondary N) is 1. The quantitative estimate of drug-likeness (QED) is 0.808. The number of likely N-dealkylation sites (N-methyl/N-ethyl adjacent to an activating group) is 1. The number of nitrogen functional groups attached to an aromatic ring is 1. The first-order valence-electron chi connectivity index (χ1n) is 6.73. The molecule has 0 radical (unpaired) electrons. The number of hydrogen-bond acceptors (Lipinski definition) is 4. The second-order valence-electron chi connectivity index (χ2n) is 4.97. The summed E-state index contributed by atoms with van der Waals surface area (Å²) >= 11 is 0. The van der Waals surface area contributed by atoms with Gasteiger partial charge in [0.1, 0.15) is 0 Å². The summed E-state index contributed by atoms with van der Waals surface area (Å²) in [5.41, 5.74) is 8.36. The number of piperazine rings is 1. The molecule has 1 amide bonds. The van der Waals surface area contributed by atoms with Gasteiger partial charge >= 0.3 is 0 Å². The summed E-state index contributed by atoms with van der Waals surface area (Å²) in [5, 5.41) is 2.94. The maximum atomic E-state index is 11.6. The lowest BCUT2D eigenvalue weighted by Gasteiger charge is -2.35. The third-order valence-electron chi connectivity index (χ3n) is 3.46. The maximum absolute atomic E-state index is 11.6. The van der Waals surface area contributed by atoms with Gasteiger partial charge < -0.3 is 20.9 Å². The first kappa shape index (κ1) is 13.7. The first-order chi connectivity index (χ1) is 9.10. The van der Waals surface area contributed by atoms with Crippen molar-refractivity contribution in [3.63, 3.8) is 0 Å². The fourth-order valence-corrected chi connectivity index (χ4v) is 2.22. The van der Waals surface area contributed by atoms with E-state index in [0.717, 1.165) is 37.6 Å². The molecule has 0 aliphatic carbocycles. The molecule has 104 valence electrons. The van der Waals surface area contributed by atoms with E-state index in [4.69, 9.17) is 5.73 Å². The number of benzene rings is 1. The lowest BCUT2D eigenvalue weighted by Crippen LogP contribution is -2.44. The van der Waals surface area contributed by atoms with Crippen LogP contribution in [0.15, 0.2) is 18.2 Å². The molecule has 0 saturated carbocycles. The van der Waals surface area contributed by atoms with Crippen LogP contribution in [-0.2, 0) is 4.79 Å². The SMILES string of the molecule is CCC(=O)Nc1cc(N)ccc1N1CCN(C)CC1. The van der Waals surface area contributed by atoms with Crippen molar-refractivity contribution in [1.29, 1.82) is 0 Å². The summed E-state index contributed by atoms with van der Waals surface area (Å²) in [6, 6.07) is 5.71. The van der Waals surface area contributed by atoms with Crippen molar-refractivity contribution >= 4 is 23.0 Å². The van der Waals surface area contributed by atoms with E-state index in [1.807, 2.05) is 25.1 Å². The highest BCUT2D eigenvalue weighted by molar-refractivity contribution is 5.95. The van der Waals surface area contributed by atoms with Crippen LogP contribution in [0.1, 0.15) is 13.3 Å². The predicted molar refractivity (Wildman–Crippen MR) is 79.5 cm³/mol. The van der Waals surface area contributed by atoms with E-state index in [2.05, 4.69) is 22.2 Å². The zero-order valence-electron chi connectivity index (χ0n) is 11.6. The van der Waals surface area contributed by atoms with Gasteiger partial charge in [0.05, 0.1) is 11.4 Å². The van der Waals surface area contributed by atoms with Crippen molar-refractivity contribution in [2.45, 2.75) is 13.3 Å². The molecule has 0 unspecified atom stereocenters. The molecule has 1 aromatic rings. The molecule has 1 fully saturated rings. The molecule has 3 N–H and O–H groups in total. The van der Waals surface area contributed by atoms with Crippen LogP contribution in [0.2, 0.25) is 0 Å². The second kappa shape index (κ2) is 5.93. The van der Waals surface area contributed by atoms with E-state index >= 15 is 0 Å².